The summed E-state index contributed by atoms with van der Waals surface area (Å²) in [7, 11) is 0. The lowest BCUT2D eigenvalue weighted by Crippen LogP contribution is -2.46. The highest BCUT2D eigenvalue weighted by Gasteiger charge is 2.24. The molecule has 67 heavy (non-hydrogen) atoms. The Morgan fingerprint density at radius 3 is 1.15 bits per heavy atom. The predicted octanol–water partition coefficient (Wildman–Crippen LogP) is 18.4. The number of allylic oxidation sites excluding steroid dienone is 6. The Bertz CT molecular complexity index is 1100. The maximum Gasteiger partial charge on any atom is 0.306 e. The van der Waals surface area contributed by atoms with Gasteiger partial charge in [0.1, 0.15) is 6.10 Å². The molecule has 0 aromatic heterocycles. The summed E-state index contributed by atoms with van der Waals surface area (Å²) in [4.78, 5) is 26.3. The van der Waals surface area contributed by atoms with E-state index in [4.69, 9.17) is 4.74 Å². The van der Waals surface area contributed by atoms with E-state index >= 15 is 0 Å². The summed E-state index contributed by atoms with van der Waals surface area (Å²) < 4.78 is 5.97. The van der Waals surface area contributed by atoms with Gasteiger partial charge in [-0.05, 0) is 77.0 Å². The molecular weight excluding hydrogens is 827 g/mol. The third kappa shape index (κ3) is 50.3. The minimum Gasteiger partial charge on any atom is -0.462 e. The van der Waals surface area contributed by atoms with Gasteiger partial charge in [0.25, 0.3) is 0 Å². The summed E-state index contributed by atoms with van der Waals surface area (Å²) in [6.07, 6.45) is 66.4. The lowest BCUT2D eigenvalue weighted by atomic mass is 10.0. The maximum atomic E-state index is 13.3. The highest BCUT2D eigenvalue weighted by Crippen LogP contribution is 2.18. The van der Waals surface area contributed by atoms with E-state index in [2.05, 4.69) is 62.5 Å². The van der Waals surface area contributed by atoms with Crippen molar-refractivity contribution in [1.29, 1.82) is 0 Å². The van der Waals surface area contributed by atoms with Gasteiger partial charge in [0.2, 0.25) is 5.91 Å². The van der Waals surface area contributed by atoms with Crippen molar-refractivity contribution in [3.8, 4) is 0 Å². The van der Waals surface area contributed by atoms with Gasteiger partial charge in [-0.3, -0.25) is 9.59 Å². The molecule has 1 amide bonds. The van der Waals surface area contributed by atoms with Gasteiger partial charge in [0, 0.05) is 6.42 Å². The number of hydrogen-bond acceptors (Lipinski definition) is 5. The van der Waals surface area contributed by atoms with Gasteiger partial charge in [-0.15, -0.1) is 0 Å². The number of aliphatic hydroxyl groups excluding tert-OH is 2. The van der Waals surface area contributed by atoms with Crippen LogP contribution in [0.5, 0.6) is 0 Å². The van der Waals surface area contributed by atoms with Crippen molar-refractivity contribution >= 4 is 11.9 Å². The van der Waals surface area contributed by atoms with Crippen LogP contribution in [-0.4, -0.2) is 46.9 Å². The first-order chi connectivity index (χ1) is 33.0. The Kier molecular flexibility index (Phi) is 53.4. The molecule has 0 aliphatic carbocycles. The fourth-order valence-corrected chi connectivity index (χ4v) is 9.18. The van der Waals surface area contributed by atoms with Crippen LogP contribution in [0.25, 0.3) is 0 Å². The number of aliphatic hydroxyl groups is 2. The van der Waals surface area contributed by atoms with Crippen LogP contribution >= 0.6 is 0 Å². The van der Waals surface area contributed by atoms with E-state index in [-0.39, 0.29) is 24.9 Å². The van der Waals surface area contributed by atoms with Gasteiger partial charge in [0.15, 0.2) is 0 Å². The van der Waals surface area contributed by atoms with Gasteiger partial charge >= 0.3 is 5.97 Å². The smallest absolute Gasteiger partial charge is 0.306 e. The molecule has 3 N–H and O–H groups in total. The molecule has 0 aliphatic heterocycles. The SMILES string of the molecule is CCCCCCCC/C=C/CCCCCCCCCC(CC(=O)NC(CO)C(O)CCCCCCCCCCCCCCC)OC(=O)CCCCCCC/C=C/C=C/CCCCCCCCC. The molecule has 0 heterocycles. The molecule has 3 unspecified atom stereocenters. The lowest BCUT2D eigenvalue weighted by Gasteiger charge is -2.24. The lowest BCUT2D eigenvalue weighted by molar-refractivity contribution is -0.151. The first kappa shape index (κ1) is 65.1. The van der Waals surface area contributed by atoms with Crippen LogP contribution in [0.4, 0.5) is 0 Å². The zero-order valence-corrected chi connectivity index (χ0v) is 45.0. The van der Waals surface area contributed by atoms with Gasteiger partial charge < -0.3 is 20.3 Å². The highest BCUT2D eigenvalue weighted by molar-refractivity contribution is 5.77. The molecule has 0 bridgehead atoms. The first-order valence-corrected chi connectivity index (χ1v) is 29.7. The Hall–Kier alpha value is -1.92. The molecule has 0 aliphatic rings. The van der Waals surface area contributed by atoms with E-state index in [0.29, 0.717) is 19.3 Å². The normalized spacial score (nSPS) is 13.3. The number of carbonyl (C=O) groups is 2. The topological polar surface area (TPSA) is 95.9 Å². The molecule has 6 heteroatoms. The molecule has 6 nitrogen and oxygen atoms in total. The van der Waals surface area contributed by atoms with Gasteiger partial charge in [-0.25, -0.2) is 0 Å². The predicted molar refractivity (Wildman–Crippen MR) is 292 cm³/mol. The molecule has 394 valence electrons. The van der Waals surface area contributed by atoms with Crippen molar-refractivity contribution in [3.63, 3.8) is 0 Å². The fourth-order valence-electron chi connectivity index (χ4n) is 9.18. The van der Waals surface area contributed by atoms with E-state index in [1.807, 2.05) is 0 Å². The fraction of sp³-hybridized carbons (Fsp3) is 0.869. The molecule has 0 rings (SSSR count). The van der Waals surface area contributed by atoms with E-state index in [0.717, 1.165) is 64.2 Å². The Morgan fingerprint density at radius 2 is 0.761 bits per heavy atom. The van der Waals surface area contributed by atoms with E-state index < -0.39 is 18.2 Å². The number of carbonyl (C=O) groups excluding carboxylic acids is 2. The second-order valence-corrected chi connectivity index (χ2v) is 20.4. The average Bonchev–Trinajstić information content (AvgIpc) is 3.32. The number of ether oxygens (including phenoxy) is 1. The number of unbranched alkanes of at least 4 members (excludes halogenated alkanes) is 37. The van der Waals surface area contributed by atoms with Crippen LogP contribution in [0.2, 0.25) is 0 Å². The summed E-state index contributed by atoms with van der Waals surface area (Å²) >= 11 is 0. The Balaban J connectivity index is 4.58. The molecule has 0 aromatic rings. The van der Waals surface area contributed by atoms with E-state index in [1.165, 1.54) is 205 Å². The van der Waals surface area contributed by atoms with Crippen LogP contribution in [0.1, 0.15) is 316 Å². The Labute approximate surface area is 417 Å². The molecular formula is C61H115NO5. The quantitative estimate of drug-likeness (QED) is 0.0244. The third-order valence-electron chi connectivity index (χ3n) is 13.7. The standard InChI is InChI=1S/C61H115NO5/c1-4-7-10-13-16-19-22-25-27-29-31-33-36-39-42-45-48-51-54-61(66)67-57(52-49-46-43-40-37-35-32-30-28-26-23-20-17-14-11-8-5-2)55-60(65)62-58(56-63)59(64)53-50-47-44-41-38-34-24-21-18-15-12-9-6-3/h26-29,31,33,57-59,63-64H,4-25,30,32,34-56H2,1-3H3,(H,62,65)/b28-26+,29-27+,33-31+. The van der Waals surface area contributed by atoms with Crippen LogP contribution < -0.4 is 5.32 Å². The summed E-state index contributed by atoms with van der Waals surface area (Å²) in [5, 5.41) is 23.9. The van der Waals surface area contributed by atoms with Crippen LogP contribution in [0.15, 0.2) is 36.5 Å². The molecule has 0 saturated carbocycles. The minimum atomic E-state index is -0.791. The van der Waals surface area contributed by atoms with Crippen molar-refractivity contribution in [2.24, 2.45) is 0 Å². The van der Waals surface area contributed by atoms with Gasteiger partial charge in [0.05, 0.1) is 25.2 Å². The summed E-state index contributed by atoms with van der Waals surface area (Å²) in [5.41, 5.74) is 0. The van der Waals surface area contributed by atoms with Gasteiger partial charge in [-0.1, -0.05) is 263 Å². The van der Waals surface area contributed by atoms with Crippen LogP contribution in [0, 0.1) is 0 Å². The first-order valence-electron chi connectivity index (χ1n) is 29.7. The largest absolute Gasteiger partial charge is 0.462 e. The van der Waals surface area contributed by atoms with Gasteiger partial charge in [-0.2, -0.15) is 0 Å². The monoisotopic (exact) mass is 942 g/mol. The summed E-state index contributed by atoms with van der Waals surface area (Å²) in [5.74, 6) is -0.480. The minimum absolute atomic E-state index is 0.0713. The number of amides is 1. The van der Waals surface area contributed by atoms with E-state index in [1.54, 1.807) is 0 Å². The average molecular weight is 943 g/mol. The molecule has 0 saturated heterocycles. The third-order valence-corrected chi connectivity index (χ3v) is 13.7. The second-order valence-electron chi connectivity index (χ2n) is 20.4. The number of nitrogens with one attached hydrogen (secondary N) is 1. The van der Waals surface area contributed by atoms with Crippen molar-refractivity contribution in [2.45, 2.75) is 334 Å². The summed E-state index contributed by atoms with van der Waals surface area (Å²) in [6, 6.07) is -0.705. The maximum absolute atomic E-state index is 13.3. The van der Waals surface area contributed by atoms with E-state index in [9.17, 15) is 19.8 Å². The second kappa shape index (κ2) is 55.0. The van der Waals surface area contributed by atoms with Crippen molar-refractivity contribution in [3.05, 3.63) is 36.5 Å². The molecule has 0 spiro atoms. The number of rotatable bonds is 54. The van der Waals surface area contributed by atoms with Crippen molar-refractivity contribution < 1.29 is 24.5 Å². The zero-order chi connectivity index (χ0) is 48.8. The molecule has 0 radical (unpaired) electrons. The molecule has 0 fully saturated rings. The Morgan fingerprint density at radius 1 is 0.433 bits per heavy atom. The van der Waals surface area contributed by atoms with Crippen molar-refractivity contribution in [2.75, 3.05) is 6.61 Å². The highest BCUT2D eigenvalue weighted by atomic mass is 16.5. The zero-order valence-electron chi connectivity index (χ0n) is 45.0. The van der Waals surface area contributed by atoms with Crippen molar-refractivity contribution in [1.82, 2.24) is 5.32 Å². The number of hydrogen-bond donors (Lipinski definition) is 3. The molecule has 0 aromatic carbocycles. The number of esters is 1. The van der Waals surface area contributed by atoms with Crippen LogP contribution in [-0.2, 0) is 14.3 Å². The molecule has 3 atom stereocenters. The van der Waals surface area contributed by atoms with Crippen LogP contribution in [0.3, 0.4) is 0 Å². The summed E-state index contributed by atoms with van der Waals surface area (Å²) in [6.45, 7) is 6.50.